The smallest absolute Gasteiger partial charge is 0.324 e. The average molecular weight is 367 g/mol. The zero-order valence-corrected chi connectivity index (χ0v) is 16.1. The Balaban J connectivity index is 1.85. The summed E-state index contributed by atoms with van der Waals surface area (Å²) in [5.74, 6) is 0.557. The highest BCUT2D eigenvalue weighted by molar-refractivity contribution is 6.01. The van der Waals surface area contributed by atoms with E-state index in [4.69, 9.17) is 9.73 Å². The molecule has 0 bridgehead atoms. The van der Waals surface area contributed by atoms with Gasteiger partial charge in [0.2, 0.25) is 5.91 Å². The van der Waals surface area contributed by atoms with Gasteiger partial charge in [-0.25, -0.2) is 4.79 Å². The van der Waals surface area contributed by atoms with Crippen LogP contribution in [0.15, 0.2) is 4.99 Å². The molecule has 1 aliphatic carbocycles. The summed E-state index contributed by atoms with van der Waals surface area (Å²) in [5.41, 5.74) is 0.238. The van der Waals surface area contributed by atoms with Crippen LogP contribution in [-0.4, -0.2) is 68.7 Å². The van der Waals surface area contributed by atoms with E-state index in [-0.39, 0.29) is 23.9 Å². The number of aliphatic imine (C=N–C) groups is 1. The quantitative estimate of drug-likeness (QED) is 0.232. The van der Waals surface area contributed by atoms with Gasteiger partial charge in [-0.3, -0.25) is 14.7 Å². The normalized spacial score (nSPS) is 19.8. The van der Waals surface area contributed by atoms with Crippen molar-refractivity contribution in [2.24, 2.45) is 10.4 Å². The third kappa shape index (κ3) is 5.86. The second-order valence-electron chi connectivity index (χ2n) is 6.98. The molecule has 0 atom stereocenters. The van der Waals surface area contributed by atoms with E-state index in [9.17, 15) is 9.59 Å². The molecule has 2 aliphatic rings. The van der Waals surface area contributed by atoms with Gasteiger partial charge in [-0.15, -0.1) is 0 Å². The first-order chi connectivity index (χ1) is 12.6. The van der Waals surface area contributed by atoms with Crippen molar-refractivity contribution < 1.29 is 14.3 Å². The highest BCUT2D eigenvalue weighted by Crippen LogP contribution is 2.41. The molecule has 2 fully saturated rings. The SMILES string of the molecule is CCNC(=NCC1(CCOCC)CCCC1)NCCN1C(=O)CNC1=O. The summed E-state index contributed by atoms with van der Waals surface area (Å²) in [6.45, 7) is 8.05. The Morgan fingerprint density at radius 2 is 2.04 bits per heavy atom. The molecule has 1 heterocycles. The van der Waals surface area contributed by atoms with Crippen LogP contribution in [0.4, 0.5) is 4.79 Å². The fourth-order valence-corrected chi connectivity index (χ4v) is 3.60. The van der Waals surface area contributed by atoms with Crippen molar-refractivity contribution in [3.8, 4) is 0 Å². The number of hydrogen-bond donors (Lipinski definition) is 3. The van der Waals surface area contributed by atoms with E-state index in [0.29, 0.717) is 13.1 Å². The summed E-state index contributed by atoms with van der Waals surface area (Å²) in [7, 11) is 0. The minimum atomic E-state index is -0.320. The first kappa shape index (κ1) is 20.5. The number of carbonyl (C=O) groups excluding carboxylic acids is 2. The predicted molar refractivity (Wildman–Crippen MR) is 101 cm³/mol. The first-order valence-electron chi connectivity index (χ1n) is 9.78. The molecule has 0 aromatic carbocycles. The molecule has 2 rings (SSSR count). The third-order valence-corrected chi connectivity index (χ3v) is 5.13. The summed E-state index contributed by atoms with van der Waals surface area (Å²) < 4.78 is 5.56. The highest BCUT2D eigenvalue weighted by Gasteiger charge is 2.33. The van der Waals surface area contributed by atoms with Crippen LogP contribution < -0.4 is 16.0 Å². The van der Waals surface area contributed by atoms with Crippen molar-refractivity contribution >= 4 is 17.9 Å². The molecule has 0 aromatic rings. The van der Waals surface area contributed by atoms with E-state index in [1.54, 1.807) is 0 Å². The molecular formula is C18H33N5O3. The molecule has 1 saturated carbocycles. The standard InChI is InChI=1S/C18H33N5O3/c1-3-19-16(20-10-11-23-15(24)13-21-17(23)25)22-14-18(7-5-6-8-18)9-12-26-4-2/h3-14H2,1-2H3,(H,21,25)(H2,19,20,22). The second kappa shape index (κ2) is 10.4. The van der Waals surface area contributed by atoms with Crippen molar-refractivity contribution in [1.82, 2.24) is 20.9 Å². The summed E-state index contributed by atoms with van der Waals surface area (Å²) in [6.07, 6.45) is 5.97. The minimum absolute atomic E-state index is 0.0926. The summed E-state index contributed by atoms with van der Waals surface area (Å²) in [5, 5.41) is 9.00. The molecular weight excluding hydrogens is 334 g/mol. The van der Waals surface area contributed by atoms with Crippen molar-refractivity contribution in [2.75, 3.05) is 45.9 Å². The van der Waals surface area contributed by atoms with E-state index in [0.717, 1.165) is 38.7 Å². The van der Waals surface area contributed by atoms with Crippen LogP contribution in [0.3, 0.4) is 0 Å². The van der Waals surface area contributed by atoms with Gasteiger partial charge in [-0.2, -0.15) is 0 Å². The zero-order valence-electron chi connectivity index (χ0n) is 16.1. The van der Waals surface area contributed by atoms with E-state index in [1.807, 2.05) is 13.8 Å². The van der Waals surface area contributed by atoms with Crippen LogP contribution in [0.5, 0.6) is 0 Å². The Kier molecular flexibility index (Phi) is 8.15. The van der Waals surface area contributed by atoms with Crippen LogP contribution in [-0.2, 0) is 9.53 Å². The van der Waals surface area contributed by atoms with Gasteiger partial charge in [-0.05, 0) is 38.5 Å². The molecule has 148 valence electrons. The fraction of sp³-hybridized carbons (Fsp3) is 0.833. The number of amides is 3. The van der Waals surface area contributed by atoms with Gasteiger partial charge in [0.25, 0.3) is 0 Å². The largest absolute Gasteiger partial charge is 0.382 e. The molecule has 1 aliphatic heterocycles. The monoisotopic (exact) mass is 367 g/mol. The lowest BCUT2D eigenvalue weighted by Crippen LogP contribution is -2.43. The molecule has 0 unspecified atom stereocenters. The van der Waals surface area contributed by atoms with Gasteiger partial charge >= 0.3 is 6.03 Å². The van der Waals surface area contributed by atoms with E-state index >= 15 is 0 Å². The van der Waals surface area contributed by atoms with Crippen LogP contribution >= 0.6 is 0 Å². The fourth-order valence-electron chi connectivity index (χ4n) is 3.60. The van der Waals surface area contributed by atoms with E-state index in [1.165, 1.54) is 30.6 Å². The predicted octanol–water partition coefficient (Wildman–Crippen LogP) is 1.08. The van der Waals surface area contributed by atoms with Crippen molar-refractivity contribution in [2.45, 2.75) is 46.0 Å². The topological polar surface area (TPSA) is 95.1 Å². The maximum atomic E-state index is 11.6. The van der Waals surface area contributed by atoms with Crippen LogP contribution in [0.1, 0.15) is 46.0 Å². The lowest BCUT2D eigenvalue weighted by atomic mass is 9.83. The number of guanidine groups is 1. The maximum Gasteiger partial charge on any atom is 0.324 e. The van der Waals surface area contributed by atoms with E-state index in [2.05, 4.69) is 16.0 Å². The number of hydrogen-bond acceptors (Lipinski definition) is 4. The van der Waals surface area contributed by atoms with Gasteiger partial charge in [0.05, 0.1) is 6.54 Å². The van der Waals surface area contributed by atoms with Crippen LogP contribution in [0.2, 0.25) is 0 Å². The van der Waals surface area contributed by atoms with Crippen molar-refractivity contribution in [3.63, 3.8) is 0 Å². The molecule has 8 nitrogen and oxygen atoms in total. The number of imide groups is 1. The summed E-state index contributed by atoms with van der Waals surface area (Å²) in [6, 6.07) is -0.320. The second-order valence-corrected chi connectivity index (χ2v) is 6.98. The number of urea groups is 1. The molecule has 26 heavy (non-hydrogen) atoms. The van der Waals surface area contributed by atoms with Crippen molar-refractivity contribution in [3.05, 3.63) is 0 Å². The number of carbonyl (C=O) groups is 2. The Bertz CT molecular complexity index is 487. The zero-order chi connectivity index (χ0) is 18.8. The molecule has 0 radical (unpaired) electrons. The van der Waals surface area contributed by atoms with Crippen molar-refractivity contribution in [1.29, 1.82) is 0 Å². The Hall–Kier alpha value is -1.83. The number of nitrogens with zero attached hydrogens (tertiary/aromatic N) is 2. The molecule has 1 saturated heterocycles. The van der Waals surface area contributed by atoms with Gasteiger partial charge in [-0.1, -0.05) is 12.8 Å². The number of rotatable bonds is 10. The molecule has 3 N–H and O–H groups in total. The van der Waals surface area contributed by atoms with Gasteiger partial charge in [0, 0.05) is 39.4 Å². The first-order valence-corrected chi connectivity index (χ1v) is 9.78. The third-order valence-electron chi connectivity index (χ3n) is 5.13. The van der Waals surface area contributed by atoms with Gasteiger partial charge in [0.15, 0.2) is 5.96 Å². The molecule has 0 aromatic heterocycles. The number of ether oxygens (including phenoxy) is 1. The van der Waals surface area contributed by atoms with Crippen LogP contribution in [0, 0.1) is 5.41 Å². The molecule has 3 amide bonds. The van der Waals surface area contributed by atoms with Gasteiger partial charge in [0.1, 0.15) is 0 Å². The van der Waals surface area contributed by atoms with Gasteiger partial charge < -0.3 is 20.7 Å². The highest BCUT2D eigenvalue weighted by atomic mass is 16.5. The molecule has 0 spiro atoms. The molecule has 8 heteroatoms. The minimum Gasteiger partial charge on any atom is -0.382 e. The van der Waals surface area contributed by atoms with E-state index < -0.39 is 0 Å². The Morgan fingerprint density at radius 3 is 2.65 bits per heavy atom. The maximum absolute atomic E-state index is 11.6. The number of nitrogens with one attached hydrogen (secondary N) is 3. The Labute approximate surface area is 156 Å². The van der Waals surface area contributed by atoms with Crippen LogP contribution in [0.25, 0.3) is 0 Å². The summed E-state index contributed by atoms with van der Waals surface area (Å²) >= 11 is 0. The Morgan fingerprint density at radius 1 is 1.27 bits per heavy atom. The summed E-state index contributed by atoms with van der Waals surface area (Å²) in [4.78, 5) is 29.2. The lowest BCUT2D eigenvalue weighted by Gasteiger charge is -2.27. The lowest BCUT2D eigenvalue weighted by molar-refractivity contribution is -0.124. The average Bonchev–Trinajstić information content (AvgIpc) is 3.22.